The first-order valence-corrected chi connectivity index (χ1v) is 9.92. The highest BCUT2D eigenvalue weighted by Crippen LogP contribution is 2.33. The predicted octanol–water partition coefficient (Wildman–Crippen LogP) is 4.04. The molecule has 0 saturated carbocycles. The number of carbonyl (C=O) groups excluding carboxylic acids is 3. The quantitative estimate of drug-likeness (QED) is 0.556. The predicted molar refractivity (Wildman–Crippen MR) is 115 cm³/mol. The summed E-state index contributed by atoms with van der Waals surface area (Å²) < 4.78 is 13.7. The third-order valence-corrected chi connectivity index (χ3v) is 5.69. The first-order valence-electron chi connectivity index (χ1n) is 9.10. The van der Waals surface area contributed by atoms with Crippen molar-refractivity contribution in [3.8, 4) is 0 Å². The number of rotatable bonds is 6. The third-order valence-electron chi connectivity index (χ3n) is 4.48. The van der Waals surface area contributed by atoms with E-state index >= 15 is 0 Å². The molecule has 0 atom stereocenters. The van der Waals surface area contributed by atoms with Crippen LogP contribution in [0.25, 0.3) is 0 Å². The Bertz CT molecular complexity index is 1130. The minimum absolute atomic E-state index is 0.0849. The van der Waals surface area contributed by atoms with Crippen molar-refractivity contribution in [1.29, 1.82) is 0 Å². The summed E-state index contributed by atoms with van der Waals surface area (Å²) >= 11 is 0.967. The molecular formula is C22H20FN3O3S. The number of hydrogen-bond donors (Lipinski definition) is 3. The molecule has 0 aliphatic carbocycles. The summed E-state index contributed by atoms with van der Waals surface area (Å²) in [5.41, 5.74) is 7.53. The van der Waals surface area contributed by atoms with Crippen LogP contribution in [-0.2, 0) is 11.2 Å². The number of para-hydroxylation sites is 1. The fourth-order valence-electron chi connectivity index (χ4n) is 2.93. The van der Waals surface area contributed by atoms with E-state index in [2.05, 4.69) is 10.6 Å². The summed E-state index contributed by atoms with van der Waals surface area (Å²) in [5.74, 6) is -2.01. The number of halogens is 1. The lowest BCUT2D eigenvalue weighted by Crippen LogP contribution is -2.19. The van der Waals surface area contributed by atoms with Crippen LogP contribution in [0.5, 0.6) is 0 Å². The summed E-state index contributed by atoms with van der Waals surface area (Å²) in [6.45, 7) is 3.23. The molecule has 0 unspecified atom stereocenters. The Morgan fingerprint density at radius 2 is 1.73 bits per heavy atom. The largest absolute Gasteiger partial charge is 0.365 e. The van der Waals surface area contributed by atoms with Gasteiger partial charge in [0.2, 0.25) is 5.91 Å². The van der Waals surface area contributed by atoms with Gasteiger partial charge in [0.05, 0.1) is 16.9 Å². The number of primary amides is 1. The summed E-state index contributed by atoms with van der Waals surface area (Å²) in [4.78, 5) is 37.3. The molecule has 0 radical (unpaired) electrons. The Morgan fingerprint density at radius 3 is 2.37 bits per heavy atom. The number of nitrogens with two attached hydrogens (primary N) is 1. The maximum absolute atomic E-state index is 13.7. The SMILES string of the molecule is Cc1ccc(CC(=O)Nc2sc(C(=O)Nc3ccccc3)c(C)c2C(N)=O)cc1F. The van der Waals surface area contributed by atoms with Gasteiger partial charge < -0.3 is 16.4 Å². The highest BCUT2D eigenvalue weighted by Gasteiger charge is 2.24. The molecule has 154 valence electrons. The van der Waals surface area contributed by atoms with Gasteiger partial charge in [-0.15, -0.1) is 11.3 Å². The van der Waals surface area contributed by atoms with Crippen LogP contribution in [0.3, 0.4) is 0 Å². The van der Waals surface area contributed by atoms with Gasteiger partial charge in [-0.05, 0) is 48.7 Å². The monoisotopic (exact) mass is 425 g/mol. The van der Waals surface area contributed by atoms with Gasteiger partial charge in [-0.3, -0.25) is 14.4 Å². The van der Waals surface area contributed by atoms with Crippen molar-refractivity contribution in [2.75, 3.05) is 10.6 Å². The second-order valence-electron chi connectivity index (χ2n) is 6.75. The molecule has 0 fully saturated rings. The maximum Gasteiger partial charge on any atom is 0.266 e. The Hall–Kier alpha value is -3.52. The zero-order valence-electron chi connectivity index (χ0n) is 16.4. The van der Waals surface area contributed by atoms with Gasteiger partial charge in [-0.2, -0.15) is 0 Å². The molecule has 8 heteroatoms. The van der Waals surface area contributed by atoms with Gasteiger partial charge in [0, 0.05) is 5.69 Å². The first kappa shape index (κ1) is 21.2. The molecule has 1 aromatic heterocycles. The molecule has 0 aliphatic heterocycles. The van der Waals surface area contributed by atoms with Crippen molar-refractivity contribution in [2.24, 2.45) is 5.73 Å². The molecule has 0 aliphatic rings. The number of hydrogen-bond acceptors (Lipinski definition) is 4. The highest BCUT2D eigenvalue weighted by atomic mass is 32.1. The summed E-state index contributed by atoms with van der Waals surface area (Å²) in [7, 11) is 0. The zero-order valence-corrected chi connectivity index (χ0v) is 17.2. The van der Waals surface area contributed by atoms with Crippen molar-refractivity contribution in [2.45, 2.75) is 20.3 Å². The van der Waals surface area contributed by atoms with Crippen LogP contribution in [-0.4, -0.2) is 17.7 Å². The fourth-order valence-corrected chi connectivity index (χ4v) is 4.05. The normalized spacial score (nSPS) is 10.5. The number of thiophene rings is 1. The molecule has 3 aromatic rings. The van der Waals surface area contributed by atoms with Gasteiger partial charge in [-0.25, -0.2) is 4.39 Å². The van der Waals surface area contributed by atoms with Crippen molar-refractivity contribution < 1.29 is 18.8 Å². The van der Waals surface area contributed by atoms with Gasteiger partial charge in [0.15, 0.2) is 0 Å². The lowest BCUT2D eigenvalue weighted by molar-refractivity contribution is -0.115. The van der Waals surface area contributed by atoms with Gasteiger partial charge in [0.25, 0.3) is 11.8 Å². The van der Waals surface area contributed by atoms with Crippen molar-refractivity contribution in [3.05, 3.63) is 81.5 Å². The van der Waals surface area contributed by atoms with E-state index < -0.39 is 23.5 Å². The molecule has 1 heterocycles. The summed E-state index contributed by atoms with van der Waals surface area (Å²) in [6.07, 6.45) is -0.0854. The average Bonchev–Trinajstić information content (AvgIpc) is 3.01. The minimum atomic E-state index is -0.751. The van der Waals surface area contributed by atoms with E-state index in [0.717, 1.165) is 11.3 Å². The van der Waals surface area contributed by atoms with Gasteiger partial charge in [-0.1, -0.05) is 30.3 Å². The average molecular weight is 425 g/mol. The van der Waals surface area contributed by atoms with Crippen LogP contribution in [0.15, 0.2) is 48.5 Å². The molecule has 6 nitrogen and oxygen atoms in total. The van der Waals surface area contributed by atoms with Crippen LogP contribution < -0.4 is 16.4 Å². The molecular weight excluding hydrogens is 405 g/mol. The number of carbonyl (C=O) groups is 3. The van der Waals surface area contributed by atoms with Crippen LogP contribution in [0.4, 0.5) is 15.1 Å². The number of benzene rings is 2. The van der Waals surface area contributed by atoms with Crippen molar-refractivity contribution in [3.63, 3.8) is 0 Å². The molecule has 3 amide bonds. The fraction of sp³-hybridized carbons (Fsp3) is 0.136. The van der Waals surface area contributed by atoms with Crippen LogP contribution in [0.2, 0.25) is 0 Å². The number of amides is 3. The third kappa shape index (κ3) is 4.72. The summed E-state index contributed by atoms with van der Waals surface area (Å²) in [6, 6.07) is 13.4. The number of anilines is 2. The molecule has 30 heavy (non-hydrogen) atoms. The van der Waals surface area contributed by atoms with Crippen LogP contribution >= 0.6 is 11.3 Å². The smallest absolute Gasteiger partial charge is 0.266 e. The Morgan fingerprint density at radius 1 is 1.03 bits per heavy atom. The number of aryl methyl sites for hydroxylation is 1. The second kappa shape index (κ2) is 8.87. The lowest BCUT2D eigenvalue weighted by Gasteiger charge is -2.06. The molecule has 3 rings (SSSR count). The molecule has 2 aromatic carbocycles. The maximum atomic E-state index is 13.7. The Labute approximate surface area is 176 Å². The standard InChI is InChI=1S/C22H20FN3O3S/c1-12-8-9-14(10-16(12)23)11-17(27)26-22-18(20(24)28)13(2)19(30-22)21(29)25-15-6-4-3-5-7-15/h3-10H,11H2,1-2H3,(H2,24,28)(H,25,29)(H,26,27). The van der Waals surface area contributed by atoms with E-state index in [1.807, 2.05) is 6.07 Å². The molecule has 4 N–H and O–H groups in total. The first-order chi connectivity index (χ1) is 14.3. The Balaban J connectivity index is 1.82. The van der Waals surface area contributed by atoms with E-state index in [1.165, 1.54) is 6.07 Å². The van der Waals surface area contributed by atoms with Crippen LogP contribution in [0.1, 0.15) is 36.7 Å². The van der Waals surface area contributed by atoms with E-state index in [1.54, 1.807) is 50.2 Å². The van der Waals surface area contributed by atoms with Gasteiger partial charge >= 0.3 is 0 Å². The minimum Gasteiger partial charge on any atom is -0.365 e. The van der Waals surface area contributed by atoms with E-state index in [-0.39, 0.29) is 21.9 Å². The lowest BCUT2D eigenvalue weighted by atomic mass is 10.1. The molecule has 0 bridgehead atoms. The van der Waals surface area contributed by atoms with E-state index in [4.69, 9.17) is 5.73 Å². The second-order valence-corrected chi connectivity index (χ2v) is 7.77. The van der Waals surface area contributed by atoms with Gasteiger partial charge in [0.1, 0.15) is 10.8 Å². The molecule has 0 spiro atoms. The van der Waals surface area contributed by atoms with Crippen molar-refractivity contribution in [1.82, 2.24) is 0 Å². The zero-order chi connectivity index (χ0) is 21.8. The van der Waals surface area contributed by atoms with E-state index in [9.17, 15) is 18.8 Å². The highest BCUT2D eigenvalue weighted by molar-refractivity contribution is 7.19. The Kier molecular flexibility index (Phi) is 6.27. The number of nitrogens with one attached hydrogen (secondary N) is 2. The molecule has 0 saturated heterocycles. The van der Waals surface area contributed by atoms with Crippen LogP contribution in [0, 0.1) is 19.7 Å². The van der Waals surface area contributed by atoms with E-state index in [0.29, 0.717) is 22.4 Å². The van der Waals surface area contributed by atoms with Crippen molar-refractivity contribution >= 4 is 39.7 Å². The summed E-state index contributed by atoms with van der Waals surface area (Å²) in [5, 5.41) is 5.57. The topological polar surface area (TPSA) is 101 Å².